The summed E-state index contributed by atoms with van der Waals surface area (Å²) in [5.74, 6) is 0.703. The lowest BCUT2D eigenvalue weighted by molar-refractivity contribution is 1.23. The van der Waals surface area contributed by atoms with E-state index in [1.807, 2.05) is 42.5 Å². The van der Waals surface area contributed by atoms with Gasteiger partial charge in [0.1, 0.15) is 0 Å². The number of nitriles is 1. The van der Waals surface area contributed by atoms with E-state index in [1.54, 1.807) is 0 Å². The maximum atomic E-state index is 9.33. The lowest BCUT2D eigenvalue weighted by Crippen LogP contribution is -1.95. The number of fused-ring (bicyclic) bond motifs is 3. The average molecular weight is 712 g/mol. The molecule has 0 fully saturated rings. The molecule has 56 heavy (non-hydrogen) atoms. The SMILES string of the molecule is N#Cc1ccc(-c2ccc(-c3ccc(-c4ccc(-c5nc(-c6ccc(-c7ccccc7)cc6)c6ccccc6n5)cc4)c4ccccc34)c3ccccc23)cc1. The molecule has 0 bridgehead atoms. The Morgan fingerprint density at radius 1 is 0.304 bits per heavy atom. The quantitative estimate of drug-likeness (QED) is 0.173. The summed E-state index contributed by atoms with van der Waals surface area (Å²) in [6, 6.07) is 72.3. The van der Waals surface area contributed by atoms with Crippen LogP contribution in [0.5, 0.6) is 0 Å². The molecule has 10 aromatic rings. The molecule has 0 aliphatic carbocycles. The first-order valence-electron chi connectivity index (χ1n) is 18.8. The molecule has 1 heterocycles. The highest BCUT2D eigenvalue weighted by Crippen LogP contribution is 2.41. The Bertz CT molecular complexity index is 3100. The average Bonchev–Trinajstić information content (AvgIpc) is 3.28. The minimum atomic E-state index is 0.660. The largest absolute Gasteiger partial charge is 0.228 e. The normalized spacial score (nSPS) is 11.2. The number of hydrogen-bond acceptors (Lipinski definition) is 3. The Balaban J connectivity index is 1.02. The summed E-state index contributed by atoms with van der Waals surface area (Å²) >= 11 is 0. The Hall–Kier alpha value is -7.67. The van der Waals surface area contributed by atoms with Crippen molar-refractivity contribution in [3.8, 4) is 73.2 Å². The lowest BCUT2D eigenvalue weighted by atomic mass is 9.88. The van der Waals surface area contributed by atoms with Gasteiger partial charge < -0.3 is 0 Å². The molecule has 3 heteroatoms. The molecule has 9 aromatic carbocycles. The van der Waals surface area contributed by atoms with Gasteiger partial charge in [-0.3, -0.25) is 0 Å². The van der Waals surface area contributed by atoms with Crippen LogP contribution >= 0.6 is 0 Å². The fourth-order valence-corrected chi connectivity index (χ4v) is 7.97. The minimum Gasteiger partial charge on any atom is -0.228 e. The number of hydrogen-bond donors (Lipinski definition) is 0. The van der Waals surface area contributed by atoms with E-state index in [0.29, 0.717) is 11.4 Å². The molecule has 0 radical (unpaired) electrons. The summed E-state index contributed by atoms with van der Waals surface area (Å²) in [6.45, 7) is 0. The first-order chi connectivity index (χ1) is 27.7. The van der Waals surface area contributed by atoms with Crippen molar-refractivity contribution in [1.82, 2.24) is 9.97 Å². The molecule has 0 N–H and O–H groups in total. The van der Waals surface area contributed by atoms with Crippen LogP contribution in [0.2, 0.25) is 0 Å². The van der Waals surface area contributed by atoms with Crippen LogP contribution in [0.15, 0.2) is 200 Å². The summed E-state index contributed by atoms with van der Waals surface area (Å²) in [6.07, 6.45) is 0. The van der Waals surface area contributed by atoms with E-state index in [4.69, 9.17) is 9.97 Å². The minimum absolute atomic E-state index is 0.660. The van der Waals surface area contributed by atoms with Crippen molar-refractivity contribution in [2.75, 3.05) is 0 Å². The van der Waals surface area contributed by atoms with Crippen LogP contribution in [-0.2, 0) is 0 Å². The predicted molar refractivity (Wildman–Crippen MR) is 232 cm³/mol. The van der Waals surface area contributed by atoms with E-state index in [-0.39, 0.29) is 0 Å². The molecule has 1 aromatic heterocycles. The molecule has 0 spiro atoms. The van der Waals surface area contributed by atoms with Crippen LogP contribution in [0.25, 0.3) is 99.6 Å². The van der Waals surface area contributed by atoms with Crippen molar-refractivity contribution in [3.05, 3.63) is 206 Å². The molecule has 0 aliphatic heterocycles. The third kappa shape index (κ3) is 5.87. The monoisotopic (exact) mass is 711 g/mol. The number of para-hydroxylation sites is 1. The summed E-state index contributed by atoms with van der Waals surface area (Å²) in [5.41, 5.74) is 13.8. The van der Waals surface area contributed by atoms with Crippen molar-refractivity contribution >= 4 is 32.4 Å². The van der Waals surface area contributed by atoms with Crippen molar-refractivity contribution in [2.45, 2.75) is 0 Å². The molecule has 260 valence electrons. The third-order valence-electron chi connectivity index (χ3n) is 10.8. The predicted octanol–water partition coefficient (Wildman–Crippen LogP) is 13.8. The second-order valence-electron chi connectivity index (χ2n) is 14.0. The van der Waals surface area contributed by atoms with Crippen LogP contribution in [0.1, 0.15) is 5.56 Å². The maximum Gasteiger partial charge on any atom is 0.160 e. The van der Waals surface area contributed by atoms with Gasteiger partial charge in [-0.1, -0.05) is 182 Å². The number of nitrogens with zero attached hydrogens (tertiary/aromatic N) is 3. The van der Waals surface area contributed by atoms with Gasteiger partial charge in [-0.2, -0.15) is 5.26 Å². The van der Waals surface area contributed by atoms with Crippen molar-refractivity contribution < 1.29 is 0 Å². The van der Waals surface area contributed by atoms with Crippen LogP contribution in [0.3, 0.4) is 0 Å². The molecule has 0 atom stereocenters. The molecule has 0 aliphatic rings. The third-order valence-corrected chi connectivity index (χ3v) is 10.8. The number of benzene rings is 9. The number of aromatic nitrogens is 2. The second kappa shape index (κ2) is 14.0. The van der Waals surface area contributed by atoms with Gasteiger partial charge >= 0.3 is 0 Å². The van der Waals surface area contributed by atoms with Crippen LogP contribution in [0.4, 0.5) is 0 Å². The van der Waals surface area contributed by atoms with Gasteiger partial charge in [0.05, 0.1) is 22.8 Å². The highest BCUT2D eigenvalue weighted by molar-refractivity contribution is 6.12. The Morgan fingerprint density at radius 3 is 1.29 bits per heavy atom. The van der Waals surface area contributed by atoms with Crippen molar-refractivity contribution in [1.29, 1.82) is 5.26 Å². The topological polar surface area (TPSA) is 49.6 Å². The van der Waals surface area contributed by atoms with Gasteiger partial charge in [0.25, 0.3) is 0 Å². The van der Waals surface area contributed by atoms with E-state index in [2.05, 4.69) is 164 Å². The van der Waals surface area contributed by atoms with E-state index in [1.165, 1.54) is 49.4 Å². The zero-order chi connectivity index (χ0) is 37.4. The molecular formula is C53H33N3. The van der Waals surface area contributed by atoms with Crippen molar-refractivity contribution in [3.63, 3.8) is 0 Å². The van der Waals surface area contributed by atoms with Gasteiger partial charge in [-0.25, -0.2) is 9.97 Å². The maximum absolute atomic E-state index is 9.33. The molecule has 3 nitrogen and oxygen atoms in total. The van der Waals surface area contributed by atoms with E-state index in [9.17, 15) is 5.26 Å². The molecule has 10 rings (SSSR count). The van der Waals surface area contributed by atoms with E-state index < -0.39 is 0 Å². The first-order valence-corrected chi connectivity index (χ1v) is 18.8. The van der Waals surface area contributed by atoms with Gasteiger partial charge in [0, 0.05) is 16.5 Å². The highest BCUT2D eigenvalue weighted by atomic mass is 14.9. The summed E-state index contributed by atoms with van der Waals surface area (Å²) in [4.78, 5) is 10.2. The summed E-state index contributed by atoms with van der Waals surface area (Å²) < 4.78 is 0. The lowest BCUT2D eigenvalue weighted by Gasteiger charge is -2.16. The van der Waals surface area contributed by atoms with Crippen molar-refractivity contribution in [2.24, 2.45) is 0 Å². The molecular weight excluding hydrogens is 679 g/mol. The first kappa shape index (κ1) is 32.9. The summed E-state index contributed by atoms with van der Waals surface area (Å²) in [5, 5.41) is 15.1. The molecule has 0 saturated heterocycles. The zero-order valence-corrected chi connectivity index (χ0v) is 30.4. The van der Waals surface area contributed by atoms with Crippen LogP contribution in [-0.4, -0.2) is 9.97 Å². The molecule has 0 amide bonds. The number of rotatable bonds is 6. The van der Waals surface area contributed by atoms with Gasteiger partial charge in [-0.15, -0.1) is 0 Å². The summed E-state index contributed by atoms with van der Waals surface area (Å²) in [7, 11) is 0. The Labute approximate surface area is 325 Å². The van der Waals surface area contributed by atoms with Crippen LogP contribution < -0.4 is 0 Å². The zero-order valence-electron chi connectivity index (χ0n) is 30.4. The highest BCUT2D eigenvalue weighted by Gasteiger charge is 2.16. The van der Waals surface area contributed by atoms with Crippen LogP contribution in [0, 0.1) is 11.3 Å². The van der Waals surface area contributed by atoms with Gasteiger partial charge in [0.15, 0.2) is 5.82 Å². The fourth-order valence-electron chi connectivity index (χ4n) is 7.97. The second-order valence-corrected chi connectivity index (χ2v) is 14.0. The van der Waals surface area contributed by atoms with Gasteiger partial charge in [-0.05, 0) is 84.3 Å². The van der Waals surface area contributed by atoms with E-state index in [0.717, 1.165) is 44.4 Å². The molecule has 0 saturated carbocycles. The van der Waals surface area contributed by atoms with E-state index >= 15 is 0 Å². The Morgan fingerprint density at radius 2 is 0.714 bits per heavy atom. The standard InChI is InChI=1S/C53H33N3/c54-34-35-18-20-38(21-19-35)42-30-32-48(46-14-6-4-12-44(42)46)49-33-31-43(45-13-5-7-15-47(45)49)39-24-28-41(29-25-39)53-55-51-17-9-8-16-50(51)52(56-53)40-26-22-37(23-27-40)36-10-2-1-3-11-36/h1-33H. The molecule has 0 unspecified atom stereocenters. The Kier molecular flexibility index (Phi) is 8.21. The van der Waals surface area contributed by atoms with Gasteiger partial charge in [0.2, 0.25) is 0 Å². The smallest absolute Gasteiger partial charge is 0.160 e. The fraction of sp³-hybridized carbons (Fsp3) is 0.